The lowest BCUT2D eigenvalue weighted by atomic mass is 9.95. The second-order valence-corrected chi connectivity index (χ2v) is 7.41. The van der Waals surface area contributed by atoms with E-state index < -0.39 is 0 Å². The summed E-state index contributed by atoms with van der Waals surface area (Å²) in [4.78, 5) is 21.4. The van der Waals surface area contributed by atoms with Crippen LogP contribution >= 0.6 is 0 Å². The third kappa shape index (κ3) is 4.21. The molecule has 3 heterocycles. The van der Waals surface area contributed by atoms with Crippen molar-refractivity contribution in [1.29, 1.82) is 0 Å². The van der Waals surface area contributed by atoms with E-state index in [2.05, 4.69) is 21.8 Å². The fourth-order valence-corrected chi connectivity index (χ4v) is 3.99. The van der Waals surface area contributed by atoms with Crippen molar-refractivity contribution in [2.75, 3.05) is 33.2 Å². The molecule has 2 fully saturated rings. The van der Waals surface area contributed by atoms with Gasteiger partial charge in [-0.2, -0.15) is 0 Å². The summed E-state index contributed by atoms with van der Waals surface area (Å²) in [5.74, 6) is 0.608. The van der Waals surface area contributed by atoms with Crippen LogP contribution in [0.3, 0.4) is 0 Å². The molecule has 5 nitrogen and oxygen atoms in total. The molecule has 5 heteroatoms. The van der Waals surface area contributed by atoms with Crippen LogP contribution in [-0.2, 0) is 6.54 Å². The van der Waals surface area contributed by atoms with Gasteiger partial charge in [-0.1, -0.05) is 6.42 Å². The molecule has 1 unspecified atom stereocenters. The van der Waals surface area contributed by atoms with Crippen molar-refractivity contribution >= 4 is 0 Å². The normalized spacial score (nSPS) is 24.9. The maximum atomic E-state index is 12.1. The molecule has 1 aromatic heterocycles. The zero-order valence-corrected chi connectivity index (χ0v) is 14.6. The number of likely N-dealkylation sites (tertiary alicyclic amines) is 2. The van der Waals surface area contributed by atoms with Crippen LogP contribution in [-0.4, -0.2) is 58.6 Å². The Labute approximate surface area is 139 Å². The Kier molecular flexibility index (Phi) is 5.49. The van der Waals surface area contributed by atoms with Gasteiger partial charge in [0.1, 0.15) is 0 Å². The molecule has 0 radical (unpaired) electrons. The summed E-state index contributed by atoms with van der Waals surface area (Å²) < 4.78 is 1.80. The van der Waals surface area contributed by atoms with Gasteiger partial charge >= 0.3 is 0 Å². The van der Waals surface area contributed by atoms with E-state index in [9.17, 15) is 4.79 Å². The topological polar surface area (TPSA) is 41.4 Å². The third-order valence-electron chi connectivity index (χ3n) is 5.62. The Morgan fingerprint density at radius 2 is 1.91 bits per heavy atom. The lowest BCUT2D eigenvalue weighted by Crippen LogP contribution is -2.47. The van der Waals surface area contributed by atoms with Crippen LogP contribution in [0.5, 0.6) is 0 Å². The number of likely N-dealkylation sites (N-methyl/N-ethyl adjacent to an activating group) is 1. The average molecular weight is 318 g/mol. The van der Waals surface area contributed by atoms with Crippen molar-refractivity contribution in [1.82, 2.24) is 19.4 Å². The minimum Gasteiger partial charge on any atom is -0.302 e. The number of piperidine rings is 2. The number of aromatic nitrogens is 2. The molecule has 0 aliphatic carbocycles. The van der Waals surface area contributed by atoms with Crippen molar-refractivity contribution in [3.05, 3.63) is 28.4 Å². The van der Waals surface area contributed by atoms with Gasteiger partial charge in [0.25, 0.3) is 5.56 Å². The SMILES string of the molecule is Cc1cncn(CC2CCN(CC3CCCCN3C)CC2)c1=O. The summed E-state index contributed by atoms with van der Waals surface area (Å²) in [6.07, 6.45) is 9.82. The highest BCUT2D eigenvalue weighted by Crippen LogP contribution is 2.21. The molecule has 0 N–H and O–H groups in total. The molecule has 2 saturated heterocycles. The van der Waals surface area contributed by atoms with E-state index in [0.29, 0.717) is 5.92 Å². The van der Waals surface area contributed by atoms with Crippen LogP contribution in [0.2, 0.25) is 0 Å². The van der Waals surface area contributed by atoms with Gasteiger partial charge in [0.2, 0.25) is 0 Å². The minimum absolute atomic E-state index is 0.117. The highest BCUT2D eigenvalue weighted by atomic mass is 16.1. The first-order valence-corrected chi connectivity index (χ1v) is 9.07. The first-order chi connectivity index (χ1) is 11.1. The molecule has 23 heavy (non-hydrogen) atoms. The van der Waals surface area contributed by atoms with Crippen LogP contribution in [0.1, 0.15) is 37.7 Å². The smallest absolute Gasteiger partial charge is 0.256 e. The van der Waals surface area contributed by atoms with Crippen LogP contribution < -0.4 is 5.56 Å². The summed E-state index contributed by atoms with van der Waals surface area (Å²) in [5.41, 5.74) is 0.858. The van der Waals surface area contributed by atoms with Crippen LogP contribution in [0.4, 0.5) is 0 Å². The first kappa shape index (κ1) is 16.7. The summed E-state index contributed by atoms with van der Waals surface area (Å²) in [6, 6.07) is 0.740. The van der Waals surface area contributed by atoms with Crippen LogP contribution in [0.25, 0.3) is 0 Å². The van der Waals surface area contributed by atoms with Gasteiger partial charge in [-0.15, -0.1) is 0 Å². The molecule has 2 aliphatic rings. The molecule has 0 amide bonds. The van der Waals surface area contributed by atoms with E-state index >= 15 is 0 Å². The predicted octanol–water partition coefficient (Wildman–Crippen LogP) is 1.75. The fourth-order valence-electron chi connectivity index (χ4n) is 3.99. The Balaban J connectivity index is 1.48. The van der Waals surface area contributed by atoms with Gasteiger partial charge in [0, 0.05) is 30.9 Å². The van der Waals surface area contributed by atoms with E-state index in [0.717, 1.165) is 18.2 Å². The van der Waals surface area contributed by atoms with Crippen LogP contribution in [0.15, 0.2) is 17.3 Å². The lowest BCUT2D eigenvalue weighted by molar-refractivity contribution is 0.100. The van der Waals surface area contributed by atoms with Crippen LogP contribution in [0, 0.1) is 12.8 Å². The molecule has 0 saturated carbocycles. The second kappa shape index (κ2) is 7.58. The summed E-state index contributed by atoms with van der Waals surface area (Å²) in [7, 11) is 2.27. The van der Waals surface area contributed by atoms with Gasteiger partial charge in [0.05, 0.1) is 6.33 Å². The van der Waals surface area contributed by atoms with Crippen molar-refractivity contribution in [2.45, 2.75) is 51.6 Å². The zero-order valence-electron chi connectivity index (χ0n) is 14.6. The maximum Gasteiger partial charge on any atom is 0.256 e. The van der Waals surface area contributed by atoms with Crippen molar-refractivity contribution in [3.63, 3.8) is 0 Å². The monoisotopic (exact) mass is 318 g/mol. The molecule has 128 valence electrons. The fraction of sp³-hybridized carbons (Fsp3) is 0.778. The van der Waals surface area contributed by atoms with Crippen molar-refractivity contribution in [3.8, 4) is 0 Å². The zero-order chi connectivity index (χ0) is 16.2. The lowest BCUT2D eigenvalue weighted by Gasteiger charge is -2.39. The van der Waals surface area contributed by atoms with Crippen molar-refractivity contribution < 1.29 is 0 Å². The molecule has 0 aromatic carbocycles. The summed E-state index contributed by atoms with van der Waals surface area (Å²) in [6.45, 7) is 7.48. The van der Waals surface area contributed by atoms with Gasteiger partial charge in [0.15, 0.2) is 0 Å². The average Bonchev–Trinajstić information content (AvgIpc) is 2.56. The molecular formula is C18H30N4O. The van der Waals surface area contributed by atoms with Gasteiger partial charge < -0.3 is 9.80 Å². The summed E-state index contributed by atoms with van der Waals surface area (Å²) >= 11 is 0. The minimum atomic E-state index is 0.117. The third-order valence-corrected chi connectivity index (χ3v) is 5.62. The van der Waals surface area contributed by atoms with E-state index in [4.69, 9.17) is 0 Å². The molecule has 0 bridgehead atoms. The molecule has 3 rings (SSSR count). The Morgan fingerprint density at radius 1 is 1.13 bits per heavy atom. The standard InChI is InChI=1S/C18H30N4O/c1-15-11-19-14-22(18(15)23)12-16-6-9-21(10-7-16)13-17-5-3-4-8-20(17)2/h11,14,16-17H,3-10,12-13H2,1-2H3. The van der Waals surface area contributed by atoms with Gasteiger partial charge in [-0.3, -0.25) is 9.36 Å². The molecule has 0 spiro atoms. The first-order valence-electron chi connectivity index (χ1n) is 9.07. The van der Waals surface area contributed by atoms with E-state index in [1.807, 2.05) is 6.92 Å². The quantitative estimate of drug-likeness (QED) is 0.848. The number of hydrogen-bond donors (Lipinski definition) is 0. The van der Waals surface area contributed by atoms with E-state index in [1.54, 1.807) is 17.1 Å². The van der Waals surface area contributed by atoms with Gasteiger partial charge in [-0.05, 0) is 65.2 Å². The van der Waals surface area contributed by atoms with E-state index in [1.165, 1.54) is 58.3 Å². The second-order valence-electron chi connectivity index (χ2n) is 7.41. The molecular weight excluding hydrogens is 288 g/mol. The maximum absolute atomic E-state index is 12.1. The number of hydrogen-bond acceptors (Lipinski definition) is 4. The Hall–Kier alpha value is -1.20. The Morgan fingerprint density at radius 3 is 2.65 bits per heavy atom. The Bertz CT molecular complexity index is 562. The number of rotatable bonds is 4. The summed E-state index contributed by atoms with van der Waals surface area (Å²) in [5, 5.41) is 0. The molecule has 1 atom stereocenters. The largest absolute Gasteiger partial charge is 0.302 e. The predicted molar refractivity (Wildman–Crippen MR) is 92.7 cm³/mol. The van der Waals surface area contributed by atoms with Crippen molar-refractivity contribution in [2.24, 2.45) is 5.92 Å². The van der Waals surface area contributed by atoms with E-state index in [-0.39, 0.29) is 5.56 Å². The highest BCUT2D eigenvalue weighted by Gasteiger charge is 2.25. The highest BCUT2D eigenvalue weighted by molar-refractivity contribution is 5.00. The molecule has 1 aromatic rings. The number of aryl methyl sites for hydroxylation is 1. The molecule has 2 aliphatic heterocycles. The van der Waals surface area contributed by atoms with Gasteiger partial charge in [-0.25, -0.2) is 4.98 Å². The number of nitrogens with zero attached hydrogens (tertiary/aromatic N) is 4.